The first kappa shape index (κ1) is 16.2. The fourth-order valence-corrected chi connectivity index (χ4v) is 2.22. The van der Waals surface area contributed by atoms with Gasteiger partial charge in [0.15, 0.2) is 0 Å². The molecule has 7 heteroatoms. The molecule has 1 rings (SSSR count). The topological polar surface area (TPSA) is 81.4 Å². The molecule has 0 heterocycles. The minimum Gasteiger partial charge on any atom is -0.497 e. The zero-order valence-electron chi connectivity index (χ0n) is 9.55. The van der Waals surface area contributed by atoms with E-state index in [2.05, 4.69) is 4.72 Å². The Balaban J connectivity index is 0.00000256. The summed E-state index contributed by atoms with van der Waals surface area (Å²) in [5.41, 5.74) is 5.28. The molecule has 0 fully saturated rings. The predicted molar refractivity (Wildman–Crippen MR) is 69.1 cm³/mol. The minimum atomic E-state index is -3.42. The second kappa shape index (κ2) is 7.50. The van der Waals surface area contributed by atoms with E-state index in [1.165, 1.54) is 19.2 Å². The Bertz CT molecular complexity index is 420. The zero-order valence-corrected chi connectivity index (χ0v) is 11.2. The number of hydrogen-bond donors (Lipinski definition) is 2. The van der Waals surface area contributed by atoms with Crippen LogP contribution >= 0.6 is 12.4 Å². The third kappa shape index (κ3) is 4.91. The molecule has 0 aliphatic heterocycles. The first-order chi connectivity index (χ1) is 7.60. The predicted octanol–water partition coefficient (Wildman–Crippen LogP) is 0.744. The maximum Gasteiger partial charge on any atom is 0.240 e. The molecule has 0 amide bonds. The van der Waals surface area contributed by atoms with Gasteiger partial charge in [0.05, 0.1) is 12.0 Å². The van der Waals surface area contributed by atoms with Crippen LogP contribution in [-0.2, 0) is 10.0 Å². The van der Waals surface area contributed by atoms with Gasteiger partial charge >= 0.3 is 0 Å². The number of nitrogens with two attached hydrogens (primary N) is 1. The van der Waals surface area contributed by atoms with E-state index >= 15 is 0 Å². The van der Waals surface area contributed by atoms with Crippen molar-refractivity contribution >= 4 is 22.4 Å². The van der Waals surface area contributed by atoms with Crippen molar-refractivity contribution in [1.82, 2.24) is 4.72 Å². The molecule has 0 atom stereocenters. The molecule has 5 nitrogen and oxygen atoms in total. The van der Waals surface area contributed by atoms with E-state index in [0.29, 0.717) is 25.3 Å². The number of hydrogen-bond acceptors (Lipinski definition) is 4. The standard InChI is InChI=1S/C10H16N2O3S.ClH/c1-15-9-3-5-10(6-4-9)16(13,14)12-8-2-7-11;/h3-6,12H,2,7-8,11H2,1H3;1H. The number of halogens is 1. The molecular formula is C10H17ClN2O3S. The maximum atomic E-state index is 11.7. The van der Waals surface area contributed by atoms with Crippen LogP contribution in [0.15, 0.2) is 29.2 Å². The van der Waals surface area contributed by atoms with Crippen molar-refractivity contribution in [2.75, 3.05) is 20.2 Å². The van der Waals surface area contributed by atoms with Crippen LogP contribution in [0.3, 0.4) is 0 Å². The van der Waals surface area contributed by atoms with Crippen LogP contribution < -0.4 is 15.2 Å². The van der Waals surface area contributed by atoms with Crippen LogP contribution in [0.25, 0.3) is 0 Å². The summed E-state index contributed by atoms with van der Waals surface area (Å²) < 4.78 is 30.8. The molecule has 0 unspecified atom stereocenters. The van der Waals surface area contributed by atoms with E-state index in [1.54, 1.807) is 12.1 Å². The Labute approximate surface area is 108 Å². The molecule has 0 aromatic heterocycles. The quantitative estimate of drug-likeness (QED) is 0.753. The Kier molecular flexibility index (Phi) is 7.13. The van der Waals surface area contributed by atoms with Crippen LogP contribution in [0.2, 0.25) is 0 Å². The van der Waals surface area contributed by atoms with Gasteiger partial charge in [-0.2, -0.15) is 0 Å². The van der Waals surface area contributed by atoms with Crippen LogP contribution in [0.1, 0.15) is 6.42 Å². The van der Waals surface area contributed by atoms with Crippen molar-refractivity contribution in [3.63, 3.8) is 0 Å². The van der Waals surface area contributed by atoms with Gasteiger partial charge < -0.3 is 10.5 Å². The summed E-state index contributed by atoms with van der Waals surface area (Å²) in [7, 11) is -1.89. The molecule has 0 spiro atoms. The van der Waals surface area contributed by atoms with Gasteiger partial charge in [-0.3, -0.25) is 0 Å². The van der Waals surface area contributed by atoms with Gasteiger partial charge in [0.2, 0.25) is 10.0 Å². The van der Waals surface area contributed by atoms with Gasteiger partial charge in [0, 0.05) is 6.54 Å². The molecule has 17 heavy (non-hydrogen) atoms. The van der Waals surface area contributed by atoms with Crippen molar-refractivity contribution in [2.45, 2.75) is 11.3 Å². The lowest BCUT2D eigenvalue weighted by atomic mass is 10.3. The van der Waals surface area contributed by atoms with E-state index in [9.17, 15) is 8.42 Å². The molecule has 1 aromatic carbocycles. The Morgan fingerprint density at radius 1 is 1.29 bits per heavy atom. The average Bonchev–Trinajstić information content (AvgIpc) is 2.29. The monoisotopic (exact) mass is 280 g/mol. The molecule has 3 N–H and O–H groups in total. The summed E-state index contributed by atoms with van der Waals surface area (Å²) >= 11 is 0. The fraction of sp³-hybridized carbons (Fsp3) is 0.400. The van der Waals surface area contributed by atoms with Crippen LogP contribution in [0.5, 0.6) is 5.75 Å². The minimum absolute atomic E-state index is 0. The molecule has 0 aliphatic rings. The van der Waals surface area contributed by atoms with E-state index in [1.807, 2.05) is 0 Å². The summed E-state index contributed by atoms with van der Waals surface area (Å²) in [6.07, 6.45) is 0.620. The van der Waals surface area contributed by atoms with Gasteiger partial charge in [-0.05, 0) is 37.2 Å². The molecule has 0 saturated carbocycles. The number of benzene rings is 1. The molecular weight excluding hydrogens is 264 g/mol. The van der Waals surface area contributed by atoms with Gasteiger partial charge in [-0.1, -0.05) is 0 Å². The summed E-state index contributed by atoms with van der Waals surface area (Å²) in [5, 5.41) is 0. The largest absolute Gasteiger partial charge is 0.497 e. The third-order valence-electron chi connectivity index (χ3n) is 2.04. The number of rotatable bonds is 6. The summed E-state index contributed by atoms with van der Waals surface area (Å²) in [4.78, 5) is 0.227. The smallest absolute Gasteiger partial charge is 0.240 e. The van der Waals surface area contributed by atoms with Crippen LogP contribution in [0.4, 0.5) is 0 Å². The molecule has 1 aromatic rings. The van der Waals surface area contributed by atoms with Gasteiger partial charge in [0.1, 0.15) is 5.75 Å². The molecule has 0 bridgehead atoms. The Hall–Kier alpha value is -0.820. The van der Waals surface area contributed by atoms with Crippen molar-refractivity contribution in [3.05, 3.63) is 24.3 Å². The highest BCUT2D eigenvalue weighted by atomic mass is 35.5. The van der Waals surface area contributed by atoms with Crippen LogP contribution in [-0.4, -0.2) is 28.6 Å². The summed E-state index contributed by atoms with van der Waals surface area (Å²) in [5.74, 6) is 0.626. The number of ether oxygens (including phenoxy) is 1. The fourth-order valence-electron chi connectivity index (χ4n) is 1.15. The van der Waals surface area contributed by atoms with Gasteiger partial charge in [0.25, 0.3) is 0 Å². The lowest BCUT2D eigenvalue weighted by molar-refractivity contribution is 0.414. The molecule has 98 valence electrons. The van der Waals surface area contributed by atoms with E-state index in [0.717, 1.165) is 0 Å². The average molecular weight is 281 g/mol. The SMILES string of the molecule is COc1ccc(S(=O)(=O)NCCCN)cc1.Cl. The van der Waals surface area contributed by atoms with E-state index < -0.39 is 10.0 Å². The second-order valence-corrected chi connectivity index (χ2v) is 4.98. The second-order valence-electron chi connectivity index (χ2n) is 3.22. The number of methoxy groups -OCH3 is 1. The third-order valence-corrected chi connectivity index (χ3v) is 3.52. The lowest BCUT2D eigenvalue weighted by Gasteiger charge is -2.06. The van der Waals surface area contributed by atoms with Crippen molar-refractivity contribution in [3.8, 4) is 5.75 Å². The Morgan fingerprint density at radius 3 is 2.35 bits per heavy atom. The normalized spacial score (nSPS) is 10.7. The Morgan fingerprint density at radius 2 is 1.88 bits per heavy atom. The highest BCUT2D eigenvalue weighted by Crippen LogP contribution is 2.14. The number of sulfonamides is 1. The molecule has 0 radical (unpaired) electrons. The van der Waals surface area contributed by atoms with Crippen molar-refractivity contribution in [2.24, 2.45) is 5.73 Å². The van der Waals surface area contributed by atoms with Gasteiger partial charge in [-0.25, -0.2) is 13.1 Å². The first-order valence-corrected chi connectivity index (χ1v) is 6.42. The summed E-state index contributed by atoms with van der Waals surface area (Å²) in [6, 6.07) is 6.22. The van der Waals surface area contributed by atoms with Crippen LogP contribution in [0, 0.1) is 0 Å². The highest BCUT2D eigenvalue weighted by Gasteiger charge is 2.12. The van der Waals surface area contributed by atoms with Gasteiger partial charge in [-0.15, -0.1) is 12.4 Å². The van der Waals surface area contributed by atoms with E-state index in [4.69, 9.17) is 10.5 Å². The zero-order chi connectivity index (χ0) is 12.0. The van der Waals surface area contributed by atoms with Crippen molar-refractivity contribution in [1.29, 1.82) is 0 Å². The lowest BCUT2D eigenvalue weighted by Crippen LogP contribution is -2.26. The van der Waals surface area contributed by atoms with Crippen molar-refractivity contribution < 1.29 is 13.2 Å². The maximum absolute atomic E-state index is 11.7. The highest BCUT2D eigenvalue weighted by molar-refractivity contribution is 7.89. The summed E-state index contributed by atoms with van der Waals surface area (Å²) in [6.45, 7) is 0.815. The van der Waals surface area contributed by atoms with E-state index in [-0.39, 0.29) is 17.3 Å². The molecule has 0 aliphatic carbocycles. The number of nitrogens with one attached hydrogen (secondary N) is 1. The molecule has 0 saturated heterocycles. The first-order valence-electron chi connectivity index (χ1n) is 4.94.